The van der Waals surface area contributed by atoms with Gasteiger partial charge < -0.3 is 28.7 Å². The molecule has 1 aromatic heterocycles. The summed E-state index contributed by atoms with van der Waals surface area (Å²) >= 11 is 0. The molecule has 0 fully saturated rings. The van der Waals surface area contributed by atoms with Crippen molar-refractivity contribution in [1.82, 2.24) is 0 Å². The van der Waals surface area contributed by atoms with Gasteiger partial charge in [0, 0.05) is 17.7 Å². The van der Waals surface area contributed by atoms with Gasteiger partial charge in [-0.1, -0.05) is 36.1 Å². The molecule has 0 saturated carbocycles. The van der Waals surface area contributed by atoms with E-state index in [4.69, 9.17) is 4.74 Å². The van der Waals surface area contributed by atoms with Crippen LogP contribution < -0.4 is 33.3 Å². The molecule has 0 saturated heterocycles. The smallest absolute Gasteiger partial charge is 0.214 e. The summed E-state index contributed by atoms with van der Waals surface area (Å²) < 4.78 is 7.43. The molecule has 0 N–H and O–H groups in total. The highest BCUT2D eigenvalue weighted by atomic mass is 127. The molecular formula is C23H18INO. The first-order chi connectivity index (χ1) is 12.3. The number of nitrogens with zero attached hydrogens (tertiary/aromatic N) is 1. The molecule has 3 aromatic carbocycles. The van der Waals surface area contributed by atoms with Gasteiger partial charge in [-0.05, 0) is 36.4 Å². The number of halogens is 1. The predicted octanol–water partition coefficient (Wildman–Crippen LogP) is 1.23. The molecule has 0 amide bonds. The number of hydrogen-bond acceptors (Lipinski definition) is 1. The first-order valence-corrected chi connectivity index (χ1v) is 8.23. The maximum Gasteiger partial charge on any atom is 0.214 e. The number of methoxy groups -OCH3 is 1. The number of ether oxygens (including phenoxy) is 1. The molecule has 0 aliphatic carbocycles. The Kier molecular flexibility index (Phi) is 5.43. The highest BCUT2D eigenvalue weighted by Crippen LogP contribution is 2.23. The fourth-order valence-electron chi connectivity index (χ4n) is 3.17. The summed E-state index contributed by atoms with van der Waals surface area (Å²) in [6.07, 6.45) is 0. The second-order valence-corrected chi connectivity index (χ2v) is 5.95. The van der Waals surface area contributed by atoms with E-state index in [-0.39, 0.29) is 24.0 Å². The molecule has 1 heterocycles. The van der Waals surface area contributed by atoms with Gasteiger partial charge >= 0.3 is 0 Å². The number of pyridine rings is 1. The van der Waals surface area contributed by atoms with E-state index in [0.717, 1.165) is 16.9 Å². The summed E-state index contributed by atoms with van der Waals surface area (Å²) in [7, 11) is 3.77. The van der Waals surface area contributed by atoms with E-state index in [1.54, 1.807) is 7.11 Å². The lowest BCUT2D eigenvalue weighted by Gasteiger charge is -2.05. The van der Waals surface area contributed by atoms with Gasteiger partial charge in [0.15, 0.2) is 0 Å². The first-order valence-electron chi connectivity index (χ1n) is 8.23. The van der Waals surface area contributed by atoms with Gasteiger partial charge in [-0.3, -0.25) is 0 Å². The van der Waals surface area contributed by atoms with Crippen LogP contribution >= 0.6 is 0 Å². The van der Waals surface area contributed by atoms with Gasteiger partial charge in [0.1, 0.15) is 12.8 Å². The van der Waals surface area contributed by atoms with Crippen molar-refractivity contribution < 1.29 is 33.3 Å². The van der Waals surface area contributed by atoms with Crippen molar-refractivity contribution in [1.29, 1.82) is 0 Å². The molecule has 0 radical (unpaired) electrons. The molecule has 26 heavy (non-hydrogen) atoms. The van der Waals surface area contributed by atoms with E-state index >= 15 is 0 Å². The standard InChI is InChI=1S/C23H18NO.HI/c1-24-22-9-5-3-7-20(22)19(21-8-4-6-10-23(21)24)16-13-17-11-14-18(25-2)15-12-17;/h3-12,14-15H,1-2H3;1H/q+1;/p-1. The van der Waals surface area contributed by atoms with Crippen molar-refractivity contribution in [2.24, 2.45) is 7.05 Å². The van der Waals surface area contributed by atoms with Crippen LogP contribution in [0.3, 0.4) is 0 Å². The summed E-state index contributed by atoms with van der Waals surface area (Å²) in [4.78, 5) is 0. The summed E-state index contributed by atoms with van der Waals surface area (Å²) in [5.41, 5.74) is 4.41. The van der Waals surface area contributed by atoms with Crippen LogP contribution in [-0.2, 0) is 7.05 Å². The minimum Gasteiger partial charge on any atom is -1.00 e. The Labute approximate surface area is 170 Å². The topological polar surface area (TPSA) is 13.1 Å². The molecular weight excluding hydrogens is 433 g/mol. The van der Waals surface area contributed by atoms with Crippen LogP contribution in [0.15, 0.2) is 72.8 Å². The van der Waals surface area contributed by atoms with Crippen LogP contribution in [0.25, 0.3) is 21.8 Å². The number of para-hydroxylation sites is 2. The molecule has 2 nitrogen and oxygen atoms in total. The van der Waals surface area contributed by atoms with E-state index in [9.17, 15) is 0 Å². The third kappa shape index (κ3) is 3.25. The Morgan fingerprint density at radius 3 is 1.81 bits per heavy atom. The third-order valence-corrected chi connectivity index (χ3v) is 4.49. The normalized spacial score (nSPS) is 10.1. The molecule has 0 spiro atoms. The maximum atomic E-state index is 5.21. The highest BCUT2D eigenvalue weighted by Gasteiger charge is 2.15. The second-order valence-electron chi connectivity index (χ2n) is 5.95. The molecule has 0 atom stereocenters. The van der Waals surface area contributed by atoms with Crippen molar-refractivity contribution in [2.75, 3.05) is 7.11 Å². The highest BCUT2D eigenvalue weighted by molar-refractivity contribution is 5.97. The van der Waals surface area contributed by atoms with Gasteiger partial charge in [0.05, 0.1) is 23.4 Å². The molecule has 0 bridgehead atoms. The fourth-order valence-corrected chi connectivity index (χ4v) is 3.17. The van der Waals surface area contributed by atoms with Gasteiger partial charge in [-0.2, -0.15) is 4.57 Å². The number of rotatable bonds is 1. The summed E-state index contributed by atoms with van der Waals surface area (Å²) in [5, 5.41) is 2.34. The first kappa shape index (κ1) is 18.2. The van der Waals surface area contributed by atoms with Crippen LogP contribution in [0.2, 0.25) is 0 Å². The molecule has 0 unspecified atom stereocenters. The van der Waals surface area contributed by atoms with Crippen molar-refractivity contribution >= 4 is 21.8 Å². The zero-order valence-electron chi connectivity index (χ0n) is 14.7. The maximum absolute atomic E-state index is 5.21. The van der Waals surface area contributed by atoms with E-state index < -0.39 is 0 Å². The quantitative estimate of drug-likeness (QED) is 0.184. The molecule has 3 heteroatoms. The zero-order chi connectivity index (χ0) is 17.2. The Balaban J connectivity index is 0.00000196. The summed E-state index contributed by atoms with van der Waals surface area (Å²) in [6.45, 7) is 0. The third-order valence-electron chi connectivity index (χ3n) is 4.49. The largest absolute Gasteiger partial charge is 1.00 e. The minimum atomic E-state index is 0. The van der Waals surface area contributed by atoms with Crippen molar-refractivity contribution in [3.63, 3.8) is 0 Å². The second kappa shape index (κ2) is 7.76. The minimum absolute atomic E-state index is 0. The molecule has 0 aliphatic rings. The Hall–Kier alpha value is -2.58. The zero-order valence-corrected chi connectivity index (χ0v) is 16.8. The Morgan fingerprint density at radius 1 is 0.731 bits per heavy atom. The number of aromatic nitrogens is 1. The van der Waals surface area contributed by atoms with Crippen LogP contribution in [0.1, 0.15) is 11.1 Å². The van der Waals surface area contributed by atoms with E-state index in [0.29, 0.717) is 0 Å². The van der Waals surface area contributed by atoms with Crippen molar-refractivity contribution in [3.8, 4) is 17.6 Å². The van der Waals surface area contributed by atoms with Gasteiger partial charge in [0.2, 0.25) is 11.0 Å². The molecule has 128 valence electrons. The van der Waals surface area contributed by atoms with E-state index in [1.807, 2.05) is 24.3 Å². The van der Waals surface area contributed by atoms with Gasteiger partial charge in [0.25, 0.3) is 0 Å². The number of hydrogen-bond donors (Lipinski definition) is 0. The van der Waals surface area contributed by atoms with E-state index in [1.165, 1.54) is 21.8 Å². The number of fused-ring (bicyclic) bond motifs is 2. The van der Waals surface area contributed by atoms with Crippen LogP contribution in [0.4, 0.5) is 0 Å². The van der Waals surface area contributed by atoms with Crippen molar-refractivity contribution in [2.45, 2.75) is 0 Å². The Bertz CT molecular complexity index is 1080. The van der Waals surface area contributed by atoms with Gasteiger partial charge in [-0.25, -0.2) is 0 Å². The lowest BCUT2D eigenvalue weighted by Crippen LogP contribution is -3.00. The number of aryl methyl sites for hydroxylation is 1. The Morgan fingerprint density at radius 2 is 1.27 bits per heavy atom. The van der Waals surface area contributed by atoms with Crippen molar-refractivity contribution in [3.05, 3.63) is 83.9 Å². The average molecular weight is 451 g/mol. The molecule has 0 aliphatic heterocycles. The average Bonchev–Trinajstić information content (AvgIpc) is 2.68. The fraction of sp³-hybridized carbons (Fsp3) is 0.0870. The number of benzene rings is 3. The van der Waals surface area contributed by atoms with Crippen LogP contribution in [-0.4, -0.2) is 7.11 Å². The van der Waals surface area contributed by atoms with Crippen LogP contribution in [0, 0.1) is 11.8 Å². The predicted molar refractivity (Wildman–Crippen MR) is 102 cm³/mol. The van der Waals surface area contributed by atoms with Gasteiger partial charge in [-0.15, -0.1) is 0 Å². The lowest BCUT2D eigenvalue weighted by atomic mass is 10.0. The summed E-state index contributed by atoms with van der Waals surface area (Å²) in [5.74, 6) is 7.55. The summed E-state index contributed by atoms with van der Waals surface area (Å²) in [6, 6.07) is 24.7. The lowest BCUT2D eigenvalue weighted by molar-refractivity contribution is -0.617. The SMILES string of the molecule is COc1ccc(C#Cc2c3ccccc3[n+](C)c3ccccc23)cc1.[I-]. The molecule has 4 aromatic rings. The van der Waals surface area contributed by atoms with Crippen LogP contribution in [0.5, 0.6) is 5.75 Å². The molecule has 4 rings (SSSR count). The van der Waals surface area contributed by atoms with E-state index in [2.05, 4.69) is 72.0 Å². The monoisotopic (exact) mass is 451 g/mol.